The summed E-state index contributed by atoms with van der Waals surface area (Å²) in [5, 5.41) is 17.3. The van der Waals surface area contributed by atoms with Gasteiger partial charge in [0.15, 0.2) is 0 Å². The summed E-state index contributed by atoms with van der Waals surface area (Å²) in [7, 11) is 1.52. The number of rotatable bonds is 4. The van der Waals surface area contributed by atoms with E-state index in [9.17, 15) is 9.18 Å². The molecule has 1 aromatic heterocycles. The number of nitrogens with one attached hydrogen (secondary N) is 2. The van der Waals surface area contributed by atoms with Crippen LogP contribution >= 0.6 is 0 Å². The molecule has 0 fully saturated rings. The van der Waals surface area contributed by atoms with Crippen LogP contribution in [0.4, 0.5) is 16.0 Å². The van der Waals surface area contributed by atoms with E-state index in [0.29, 0.717) is 34.2 Å². The Morgan fingerprint density at radius 2 is 1.96 bits per heavy atom. The van der Waals surface area contributed by atoms with Crippen LogP contribution in [-0.4, -0.2) is 33.2 Å². The number of hydrogen-bond acceptors (Lipinski definition) is 6. The van der Waals surface area contributed by atoms with Crippen molar-refractivity contribution in [2.24, 2.45) is 0 Å². The molecule has 2 N–H and O–H groups in total. The lowest BCUT2D eigenvalue weighted by Gasteiger charge is -2.28. The maximum atomic E-state index is 14.6. The van der Waals surface area contributed by atoms with E-state index in [0.717, 1.165) is 0 Å². The molecule has 1 atom stereocenters. The summed E-state index contributed by atoms with van der Waals surface area (Å²) in [6, 6.07) is 12.5. The Morgan fingerprint density at radius 1 is 1.21 bits per heavy atom. The molecule has 4 rings (SSSR count). The van der Waals surface area contributed by atoms with Gasteiger partial charge < -0.3 is 15.4 Å². The van der Waals surface area contributed by atoms with Gasteiger partial charge in [-0.1, -0.05) is 35.4 Å². The highest BCUT2D eigenvalue weighted by Crippen LogP contribution is 2.36. The number of anilines is 2. The van der Waals surface area contributed by atoms with E-state index in [1.807, 2.05) is 0 Å². The Labute approximate surface area is 160 Å². The fourth-order valence-corrected chi connectivity index (χ4v) is 3.23. The lowest BCUT2D eigenvalue weighted by Crippen LogP contribution is -2.32. The molecule has 1 amide bonds. The molecule has 0 unspecified atom stereocenters. The Morgan fingerprint density at radius 3 is 2.75 bits per heavy atom. The lowest BCUT2D eigenvalue weighted by atomic mass is 9.94. The highest BCUT2D eigenvalue weighted by atomic mass is 19.1. The Balaban J connectivity index is 1.79. The molecule has 9 heteroatoms. The van der Waals surface area contributed by atoms with Gasteiger partial charge in [0.05, 0.1) is 18.4 Å². The minimum Gasteiger partial charge on any atom is -0.495 e. The topological polar surface area (TPSA) is 94.0 Å². The van der Waals surface area contributed by atoms with Crippen molar-refractivity contribution in [3.63, 3.8) is 0 Å². The first-order chi connectivity index (χ1) is 13.6. The number of benzene rings is 2. The fourth-order valence-electron chi connectivity index (χ4n) is 3.23. The van der Waals surface area contributed by atoms with Gasteiger partial charge in [-0.15, -0.1) is 0 Å². The first-order valence-corrected chi connectivity index (χ1v) is 8.54. The summed E-state index contributed by atoms with van der Waals surface area (Å²) in [4.78, 5) is 13.2. The predicted molar refractivity (Wildman–Crippen MR) is 100 cm³/mol. The third-order valence-corrected chi connectivity index (χ3v) is 4.51. The first-order valence-electron chi connectivity index (χ1n) is 8.54. The minimum atomic E-state index is -0.817. The molecule has 142 valence electrons. The molecule has 1 aliphatic heterocycles. The van der Waals surface area contributed by atoms with Crippen LogP contribution in [-0.2, 0) is 4.79 Å². The van der Waals surface area contributed by atoms with Crippen LogP contribution in [0.3, 0.4) is 0 Å². The zero-order valence-electron chi connectivity index (χ0n) is 15.2. The largest absolute Gasteiger partial charge is 0.495 e. The second-order valence-electron chi connectivity index (χ2n) is 6.19. The Hall–Kier alpha value is -3.75. The average Bonchev–Trinajstić information content (AvgIpc) is 3.16. The fraction of sp³-hybridized carbons (Fsp3) is 0.158. The number of para-hydroxylation sites is 2. The number of methoxy groups -OCH3 is 1. The summed E-state index contributed by atoms with van der Waals surface area (Å²) in [6.07, 6.45) is 0. The number of carbonyl (C=O) groups excluding carboxylic acids is 1. The number of hydrogen-bond donors (Lipinski definition) is 2. The van der Waals surface area contributed by atoms with Crippen molar-refractivity contribution in [1.82, 2.24) is 20.2 Å². The van der Waals surface area contributed by atoms with Crippen molar-refractivity contribution in [2.45, 2.75) is 13.0 Å². The second kappa shape index (κ2) is 7.10. The number of carbonyl (C=O) groups is 1. The van der Waals surface area contributed by atoms with E-state index in [4.69, 9.17) is 4.74 Å². The van der Waals surface area contributed by atoms with Crippen LogP contribution in [0.2, 0.25) is 0 Å². The van der Waals surface area contributed by atoms with Crippen LogP contribution in [0.5, 0.6) is 5.75 Å². The predicted octanol–water partition coefficient (Wildman–Crippen LogP) is 2.75. The maximum absolute atomic E-state index is 14.6. The third kappa shape index (κ3) is 2.96. The number of ether oxygens (including phenoxy) is 1. The first kappa shape index (κ1) is 17.7. The maximum Gasteiger partial charge on any atom is 0.255 e. The van der Waals surface area contributed by atoms with Crippen LogP contribution in [0.15, 0.2) is 59.8 Å². The Kier molecular flexibility index (Phi) is 4.48. The van der Waals surface area contributed by atoms with Gasteiger partial charge in [0.1, 0.15) is 17.6 Å². The van der Waals surface area contributed by atoms with Crippen molar-refractivity contribution in [2.75, 3.05) is 17.7 Å². The molecule has 3 aromatic rings. The molecule has 0 aliphatic carbocycles. The van der Waals surface area contributed by atoms with Gasteiger partial charge in [0, 0.05) is 11.3 Å². The van der Waals surface area contributed by atoms with Crippen molar-refractivity contribution in [3.8, 4) is 5.75 Å². The quantitative estimate of drug-likeness (QED) is 0.723. The smallest absolute Gasteiger partial charge is 0.255 e. The van der Waals surface area contributed by atoms with Gasteiger partial charge in [-0.3, -0.25) is 4.79 Å². The monoisotopic (exact) mass is 380 g/mol. The molecule has 1 aliphatic rings. The van der Waals surface area contributed by atoms with Gasteiger partial charge in [0.25, 0.3) is 5.91 Å². The SMILES string of the molecule is COc1ccccc1NC(=O)C1=C(C)Nc2nnnn2[C@@H]1c1ccccc1F. The van der Waals surface area contributed by atoms with Crippen molar-refractivity contribution in [1.29, 1.82) is 0 Å². The molecule has 2 heterocycles. The lowest BCUT2D eigenvalue weighted by molar-refractivity contribution is -0.113. The number of fused-ring (bicyclic) bond motifs is 1. The summed E-state index contributed by atoms with van der Waals surface area (Å²) >= 11 is 0. The number of aromatic nitrogens is 4. The molecule has 2 aromatic carbocycles. The second-order valence-corrected chi connectivity index (χ2v) is 6.19. The normalized spacial score (nSPS) is 15.6. The van der Waals surface area contributed by atoms with Crippen LogP contribution in [0.1, 0.15) is 18.5 Å². The van der Waals surface area contributed by atoms with Crippen molar-refractivity contribution < 1.29 is 13.9 Å². The van der Waals surface area contributed by atoms with E-state index >= 15 is 0 Å². The van der Waals surface area contributed by atoms with Gasteiger partial charge in [-0.05, 0) is 35.5 Å². The summed E-state index contributed by atoms with van der Waals surface area (Å²) < 4.78 is 21.3. The van der Waals surface area contributed by atoms with Crippen molar-refractivity contribution >= 4 is 17.5 Å². The highest BCUT2D eigenvalue weighted by molar-refractivity contribution is 6.06. The molecule has 28 heavy (non-hydrogen) atoms. The van der Waals surface area contributed by atoms with Crippen molar-refractivity contribution in [3.05, 3.63) is 71.2 Å². The van der Waals surface area contributed by atoms with Gasteiger partial charge >= 0.3 is 0 Å². The summed E-state index contributed by atoms with van der Waals surface area (Å²) in [5.41, 5.74) is 1.63. The molecule has 0 bridgehead atoms. The molecule has 0 saturated heterocycles. The molecule has 8 nitrogen and oxygen atoms in total. The molecule has 0 spiro atoms. The molecular weight excluding hydrogens is 363 g/mol. The van der Waals surface area contributed by atoms with E-state index in [1.165, 1.54) is 17.9 Å². The van der Waals surface area contributed by atoms with Crippen LogP contribution in [0.25, 0.3) is 0 Å². The van der Waals surface area contributed by atoms with Crippen LogP contribution < -0.4 is 15.4 Å². The van der Waals surface area contributed by atoms with Crippen LogP contribution in [0, 0.1) is 5.82 Å². The number of tetrazole rings is 1. The highest BCUT2D eigenvalue weighted by Gasteiger charge is 2.35. The minimum absolute atomic E-state index is 0.294. The summed E-state index contributed by atoms with van der Waals surface area (Å²) in [6.45, 7) is 1.73. The zero-order chi connectivity index (χ0) is 19.7. The van der Waals surface area contributed by atoms with Gasteiger partial charge in [0.2, 0.25) is 5.95 Å². The number of nitrogens with zero attached hydrogens (tertiary/aromatic N) is 4. The third-order valence-electron chi connectivity index (χ3n) is 4.51. The Bertz CT molecular complexity index is 1080. The number of allylic oxidation sites excluding steroid dienone is 1. The van der Waals surface area contributed by atoms with E-state index in [1.54, 1.807) is 49.4 Å². The number of amides is 1. The average molecular weight is 380 g/mol. The van der Waals surface area contributed by atoms with E-state index in [-0.39, 0.29) is 0 Å². The standard InChI is InChI=1S/C19H17FN6O2/c1-11-16(18(27)22-14-9-5-6-10-15(14)28-2)17(12-7-3-4-8-13(12)20)26-19(21-11)23-24-25-26/h3-10,17H,1-2H3,(H,22,27)(H,21,23,25)/t17-/m1/s1. The van der Waals surface area contributed by atoms with E-state index in [2.05, 4.69) is 26.2 Å². The molecule has 0 radical (unpaired) electrons. The summed E-state index contributed by atoms with van der Waals surface area (Å²) in [5.74, 6) is -0.0156. The number of halogens is 1. The van der Waals surface area contributed by atoms with E-state index < -0.39 is 17.8 Å². The zero-order valence-corrected chi connectivity index (χ0v) is 15.2. The van der Waals surface area contributed by atoms with Gasteiger partial charge in [-0.2, -0.15) is 4.68 Å². The molecular formula is C19H17FN6O2. The van der Waals surface area contributed by atoms with Gasteiger partial charge in [-0.25, -0.2) is 4.39 Å². The molecule has 0 saturated carbocycles.